The van der Waals surface area contributed by atoms with Crippen LogP contribution in [-0.4, -0.2) is 19.6 Å². The van der Waals surface area contributed by atoms with Gasteiger partial charge in [0, 0.05) is 0 Å². The summed E-state index contributed by atoms with van der Waals surface area (Å²) in [5.41, 5.74) is 1.53. The van der Waals surface area contributed by atoms with E-state index < -0.39 is 0 Å². The SMILES string of the molecule is CCc1ccc(OC)c(C(=O)NCC#N)c1. The van der Waals surface area contributed by atoms with E-state index in [9.17, 15) is 4.79 Å². The number of rotatable bonds is 4. The number of nitrogens with zero attached hydrogens (tertiary/aromatic N) is 1. The molecule has 0 heterocycles. The highest BCUT2D eigenvalue weighted by molar-refractivity contribution is 5.97. The standard InChI is InChI=1S/C12H14N2O2/c1-3-9-4-5-11(16-2)10(8-9)12(15)14-7-6-13/h4-5,8H,3,7H2,1-2H3,(H,14,15). The topological polar surface area (TPSA) is 62.1 Å². The van der Waals surface area contributed by atoms with Crippen LogP contribution in [0, 0.1) is 11.3 Å². The lowest BCUT2D eigenvalue weighted by atomic mass is 10.1. The fourth-order valence-electron chi connectivity index (χ4n) is 1.37. The number of ether oxygens (including phenoxy) is 1. The summed E-state index contributed by atoms with van der Waals surface area (Å²) in [5, 5.41) is 10.9. The largest absolute Gasteiger partial charge is 0.496 e. The van der Waals surface area contributed by atoms with Crippen LogP contribution in [0.4, 0.5) is 0 Å². The Morgan fingerprint density at radius 3 is 2.88 bits per heavy atom. The first-order valence-electron chi connectivity index (χ1n) is 5.05. The van der Waals surface area contributed by atoms with Gasteiger partial charge in [0.1, 0.15) is 12.3 Å². The number of carbonyl (C=O) groups excluding carboxylic acids is 1. The molecule has 4 nitrogen and oxygen atoms in total. The summed E-state index contributed by atoms with van der Waals surface area (Å²) in [6.07, 6.45) is 0.850. The molecule has 0 aliphatic rings. The second-order valence-corrected chi connectivity index (χ2v) is 3.23. The third kappa shape index (κ3) is 2.74. The summed E-state index contributed by atoms with van der Waals surface area (Å²) in [7, 11) is 1.52. The average molecular weight is 218 g/mol. The summed E-state index contributed by atoms with van der Waals surface area (Å²) in [5.74, 6) is 0.237. The van der Waals surface area contributed by atoms with Crippen molar-refractivity contribution in [2.24, 2.45) is 0 Å². The van der Waals surface area contributed by atoms with Gasteiger partial charge in [-0.3, -0.25) is 4.79 Å². The first-order valence-corrected chi connectivity index (χ1v) is 5.05. The van der Waals surface area contributed by atoms with Crippen LogP contribution in [0.5, 0.6) is 5.75 Å². The minimum atomic E-state index is -0.284. The number of hydrogen-bond acceptors (Lipinski definition) is 3. The monoisotopic (exact) mass is 218 g/mol. The van der Waals surface area contributed by atoms with Crippen molar-refractivity contribution in [3.63, 3.8) is 0 Å². The van der Waals surface area contributed by atoms with E-state index in [2.05, 4.69) is 5.32 Å². The van der Waals surface area contributed by atoms with Gasteiger partial charge >= 0.3 is 0 Å². The van der Waals surface area contributed by atoms with E-state index in [0.29, 0.717) is 11.3 Å². The molecule has 4 heteroatoms. The number of carbonyl (C=O) groups is 1. The number of aryl methyl sites for hydroxylation is 1. The van der Waals surface area contributed by atoms with Gasteiger partial charge in [0.05, 0.1) is 18.7 Å². The van der Waals surface area contributed by atoms with Crippen LogP contribution in [0.1, 0.15) is 22.8 Å². The summed E-state index contributed by atoms with van der Waals surface area (Å²) in [4.78, 5) is 11.7. The third-order valence-electron chi connectivity index (χ3n) is 2.24. The van der Waals surface area contributed by atoms with Gasteiger partial charge in [0.2, 0.25) is 0 Å². The zero-order chi connectivity index (χ0) is 12.0. The number of methoxy groups -OCH3 is 1. The van der Waals surface area contributed by atoms with Gasteiger partial charge in [0.25, 0.3) is 5.91 Å². The van der Waals surface area contributed by atoms with Gasteiger partial charge < -0.3 is 10.1 Å². The van der Waals surface area contributed by atoms with Crippen molar-refractivity contribution in [1.82, 2.24) is 5.32 Å². The van der Waals surface area contributed by atoms with Crippen molar-refractivity contribution in [3.05, 3.63) is 29.3 Å². The smallest absolute Gasteiger partial charge is 0.255 e. The lowest BCUT2D eigenvalue weighted by molar-refractivity contribution is 0.0955. The highest BCUT2D eigenvalue weighted by Crippen LogP contribution is 2.19. The molecule has 0 unspecified atom stereocenters. The summed E-state index contributed by atoms with van der Waals surface area (Å²) >= 11 is 0. The van der Waals surface area contributed by atoms with Crippen LogP contribution in [-0.2, 0) is 6.42 Å². The molecule has 0 fully saturated rings. The van der Waals surface area contributed by atoms with E-state index >= 15 is 0 Å². The Balaban J connectivity index is 2.99. The van der Waals surface area contributed by atoms with E-state index in [-0.39, 0.29) is 12.5 Å². The lowest BCUT2D eigenvalue weighted by Crippen LogP contribution is -2.24. The van der Waals surface area contributed by atoms with Crippen molar-refractivity contribution in [1.29, 1.82) is 5.26 Å². The maximum Gasteiger partial charge on any atom is 0.255 e. The van der Waals surface area contributed by atoms with Gasteiger partial charge in [-0.15, -0.1) is 0 Å². The molecule has 1 amide bonds. The Kier molecular flexibility index (Phi) is 4.34. The summed E-state index contributed by atoms with van der Waals surface area (Å²) in [6.45, 7) is 2.01. The predicted molar refractivity (Wildman–Crippen MR) is 60.3 cm³/mol. The molecular weight excluding hydrogens is 204 g/mol. The van der Waals surface area contributed by atoms with Gasteiger partial charge in [-0.1, -0.05) is 13.0 Å². The molecule has 0 saturated heterocycles. The minimum absolute atomic E-state index is 0.00165. The number of amides is 1. The zero-order valence-corrected chi connectivity index (χ0v) is 9.41. The Morgan fingerprint density at radius 1 is 1.56 bits per heavy atom. The van der Waals surface area contributed by atoms with Crippen LogP contribution in [0.25, 0.3) is 0 Å². The lowest BCUT2D eigenvalue weighted by Gasteiger charge is -2.09. The van der Waals surface area contributed by atoms with Crippen molar-refractivity contribution in [3.8, 4) is 11.8 Å². The van der Waals surface area contributed by atoms with Crippen LogP contribution >= 0.6 is 0 Å². The molecule has 0 spiro atoms. The van der Waals surface area contributed by atoms with Crippen LogP contribution in [0.15, 0.2) is 18.2 Å². The van der Waals surface area contributed by atoms with Gasteiger partial charge in [-0.05, 0) is 24.1 Å². The van der Waals surface area contributed by atoms with Crippen LogP contribution < -0.4 is 10.1 Å². The van der Waals surface area contributed by atoms with E-state index in [0.717, 1.165) is 12.0 Å². The Bertz CT molecular complexity index is 422. The maximum absolute atomic E-state index is 11.7. The Morgan fingerprint density at radius 2 is 2.31 bits per heavy atom. The van der Waals surface area contributed by atoms with E-state index in [1.54, 1.807) is 12.1 Å². The summed E-state index contributed by atoms with van der Waals surface area (Å²) < 4.78 is 5.10. The molecule has 0 aliphatic heterocycles. The molecule has 0 atom stereocenters. The van der Waals surface area contributed by atoms with E-state index in [4.69, 9.17) is 10.00 Å². The highest BCUT2D eigenvalue weighted by Gasteiger charge is 2.11. The maximum atomic E-state index is 11.7. The zero-order valence-electron chi connectivity index (χ0n) is 9.41. The molecule has 1 rings (SSSR count). The molecule has 1 aromatic rings. The Hall–Kier alpha value is -2.02. The van der Waals surface area contributed by atoms with Crippen molar-refractivity contribution in [2.75, 3.05) is 13.7 Å². The molecule has 1 aromatic carbocycles. The van der Waals surface area contributed by atoms with Gasteiger partial charge in [-0.25, -0.2) is 0 Å². The van der Waals surface area contributed by atoms with Crippen molar-refractivity contribution >= 4 is 5.91 Å². The molecule has 0 aliphatic carbocycles. The van der Waals surface area contributed by atoms with Crippen molar-refractivity contribution < 1.29 is 9.53 Å². The molecule has 84 valence electrons. The minimum Gasteiger partial charge on any atom is -0.496 e. The summed E-state index contributed by atoms with van der Waals surface area (Å²) in [6, 6.07) is 7.33. The second kappa shape index (κ2) is 5.76. The van der Waals surface area contributed by atoms with E-state index in [1.165, 1.54) is 7.11 Å². The van der Waals surface area contributed by atoms with Gasteiger partial charge in [-0.2, -0.15) is 5.26 Å². The van der Waals surface area contributed by atoms with Crippen LogP contribution in [0.3, 0.4) is 0 Å². The quantitative estimate of drug-likeness (QED) is 0.779. The number of nitriles is 1. The second-order valence-electron chi connectivity index (χ2n) is 3.23. The fourth-order valence-corrected chi connectivity index (χ4v) is 1.37. The van der Waals surface area contributed by atoms with Gasteiger partial charge in [0.15, 0.2) is 0 Å². The number of nitrogens with one attached hydrogen (secondary N) is 1. The van der Waals surface area contributed by atoms with Crippen molar-refractivity contribution in [2.45, 2.75) is 13.3 Å². The first kappa shape index (κ1) is 12.1. The Labute approximate surface area is 94.8 Å². The first-order chi connectivity index (χ1) is 7.72. The molecule has 16 heavy (non-hydrogen) atoms. The normalized spacial score (nSPS) is 9.31. The van der Waals surface area contributed by atoms with Crippen LogP contribution in [0.2, 0.25) is 0 Å². The third-order valence-corrected chi connectivity index (χ3v) is 2.24. The molecular formula is C12H14N2O2. The number of hydrogen-bond donors (Lipinski definition) is 1. The average Bonchev–Trinajstić information content (AvgIpc) is 2.35. The molecule has 0 bridgehead atoms. The fraction of sp³-hybridized carbons (Fsp3) is 0.333. The molecule has 0 saturated carbocycles. The number of benzene rings is 1. The predicted octanol–water partition coefficient (Wildman–Crippen LogP) is 1.51. The molecule has 1 N–H and O–H groups in total. The van der Waals surface area contributed by atoms with E-state index in [1.807, 2.05) is 19.1 Å². The molecule has 0 radical (unpaired) electrons. The highest BCUT2D eigenvalue weighted by atomic mass is 16.5. The molecule has 0 aromatic heterocycles.